The third kappa shape index (κ3) is 4.11. The summed E-state index contributed by atoms with van der Waals surface area (Å²) in [4.78, 5) is 12.0. The highest BCUT2D eigenvalue weighted by Crippen LogP contribution is 2.39. The average molecular weight is 338 g/mol. The summed E-state index contributed by atoms with van der Waals surface area (Å²) in [5.74, 6) is 0.362. The topological polar surface area (TPSA) is 46.5 Å². The molecule has 0 amide bonds. The SMILES string of the molecule is CC=CC(=O)Oc1c(C)cc(C)cc1C(C)c1cc(C)cc(C)c1O. The van der Waals surface area contributed by atoms with Gasteiger partial charge >= 0.3 is 5.97 Å². The summed E-state index contributed by atoms with van der Waals surface area (Å²) in [5, 5.41) is 10.5. The first-order chi connectivity index (χ1) is 11.7. The van der Waals surface area contributed by atoms with Gasteiger partial charge in [0.15, 0.2) is 0 Å². The molecule has 0 fully saturated rings. The number of rotatable bonds is 4. The summed E-state index contributed by atoms with van der Waals surface area (Å²) in [7, 11) is 0. The maximum atomic E-state index is 12.0. The van der Waals surface area contributed by atoms with Crippen LogP contribution in [0, 0.1) is 27.7 Å². The zero-order valence-electron chi connectivity index (χ0n) is 15.8. The third-order valence-electron chi connectivity index (χ3n) is 4.36. The Labute approximate surface area is 150 Å². The molecular formula is C22H26O3. The second kappa shape index (κ2) is 7.56. The van der Waals surface area contributed by atoms with E-state index >= 15 is 0 Å². The van der Waals surface area contributed by atoms with E-state index in [0.29, 0.717) is 11.5 Å². The van der Waals surface area contributed by atoms with Crippen LogP contribution in [-0.4, -0.2) is 11.1 Å². The molecule has 0 saturated carbocycles. The Bertz CT molecular complexity index is 832. The van der Waals surface area contributed by atoms with Gasteiger partial charge < -0.3 is 9.84 Å². The number of hydrogen-bond donors (Lipinski definition) is 1. The fraction of sp³-hybridized carbons (Fsp3) is 0.318. The van der Waals surface area contributed by atoms with Crippen LogP contribution in [0.15, 0.2) is 36.4 Å². The molecule has 0 spiro atoms. The van der Waals surface area contributed by atoms with E-state index in [4.69, 9.17) is 4.74 Å². The van der Waals surface area contributed by atoms with Crippen molar-refractivity contribution in [2.75, 3.05) is 0 Å². The average Bonchev–Trinajstić information content (AvgIpc) is 2.52. The van der Waals surface area contributed by atoms with Crippen LogP contribution in [0.25, 0.3) is 0 Å². The largest absolute Gasteiger partial charge is 0.507 e. The van der Waals surface area contributed by atoms with E-state index in [2.05, 4.69) is 0 Å². The fourth-order valence-corrected chi connectivity index (χ4v) is 3.21. The minimum Gasteiger partial charge on any atom is -0.507 e. The number of benzene rings is 2. The highest BCUT2D eigenvalue weighted by molar-refractivity contribution is 5.84. The van der Waals surface area contributed by atoms with E-state index in [1.165, 1.54) is 6.08 Å². The van der Waals surface area contributed by atoms with Gasteiger partial charge in [-0.05, 0) is 45.7 Å². The maximum absolute atomic E-state index is 12.0. The Morgan fingerprint density at radius 1 is 1.00 bits per heavy atom. The van der Waals surface area contributed by atoms with Crippen LogP contribution in [-0.2, 0) is 4.79 Å². The van der Waals surface area contributed by atoms with Crippen molar-refractivity contribution in [2.24, 2.45) is 0 Å². The molecule has 0 heterocycles. The lowest BCUT2D eigenvalue weighted by Crippen LogP contribution is -2.10. The highest BCUT2D eigenvalue weighted by Gasteiger charge is 2.21. The molecule has 2 aromatic carbocycles. The molecule has 0 saturated heterocycles. The molecule has 25 heavy (non-hydrogen) atoms. The van der Waals surface area contributed by atoms with Gasteiger partial charge in [-0.25, -0.2) is 4.79 Å². The third-order valence-corrected chi connectivity index (χ3v) is 4.36. The van der Waals surface area contributed by atoms with Crippen LogP contribution in [0.4, 0.5) is 0 Å². The summed E-state index contributed by atoms with van der Waals surface area (Å²) in [5.41, 5.74) is 5.67. The lowest BCUT2D eigenvalue weighted by molar-refractivity contribution is -0.129. The van der Waals surface area contributed by atoms with Crippen molar-refractivity contribution in [1.82, 2.24) is 0 Å². The first-order valence-corrected chi connectivity index (χ1v) is 8.50. The summed E-state index contributed by atoms with van der Waals surface area (Å²) in [6.45, 7) is 11.7. The molecule has 2 aromatic rings. The van der Waals surface area contributed by atoms with E-state index in [1.54, 1.807) is 13.0 Å². The van der Waals surface area contributed by atoms with Crippen LogP contribution in [0.3, 0.4) is 0 Å². The van der Waals surface area contributed by atoms with E-state index in [-0.39, 0.29) is 5.92 Å². The molecule has 1 atom stereocenters. The van der Waals surface area contributed by atoms with Gasteiger partial charge in [-0.2, -0.15) is 0 Å². The maximum Gasteiger partial charge on any atom is 0.335 e. The molecule has 0 aromatic heterocycles. The molecule has 3 nitrogen and oxygen atoms in total. The predicted molar refractivity (Wildman–Crippen MR) is 101 cm³/mol. The van der Waals surface area contributed by atoms with Gasteiger partial charge in [-0.3, -0.25) is 0 Å². The van der Waals surface area contributed by atoms with E-state index in [9.17, 15) is 9.90 Å². The minimum absolute atomic E-state index is 0.106. The Balaban J connectivity index is 2.59. The summed E-state index contributed by atoms with van der Waals surface area (Å²) < 4.78 is 5.61. The number of carbonyl (C=O) groups excluding carboxylic acids is 1. The molecule has 132 valence electrons. The zero-order chi connectivity index (χ0) is 18.7. The van der Waals surface area contributed by atoms with Crippen molar-refractivity contribution in [3.05, 3.63) is 69.8 Å². The minimum atomic E-state index is -0.396. The fourth-order valence-electron chi connectivity index (χ4n) is 3.21. The van der Waals surface area contributed by atoms with Crippen LogP contribution in [0.1, 0.15) is 53.1 Å². The Hall–Kier alpha value is -2.55. The number of aryl methyl sites for hydroxylation is 4. The van der Waals surface area contributed by atoms with Crippen molar-refractivity contribution in [3.63, 3.8) is 0 Å². The monoisotopic (exact) mass is 338 g/mol. The Kier molecular flexibility index (Phi) is 5.68. The van der Waals surface area contributed by atoms with E-state index < -0.39 is 5.97 Å². The van der Waals surface area contributed by atoms with Crippen LogP contribution in [0.5, 0.6) is 11.5 Å². The number of carbonyl (C=O) groups is 1. The van der Waals surface area contributed by atoms with Crippen molar-refractivity contribution in [3.8, 4) is 11.5 Å². The summed E-state index contributed by atoms with van der Waals surface area (Å²) >= 11 is 0. The highest BCUT2D eigenvalue weighted by atomic mass is 16.5. The first-order valence-electron chi connectivity index (χ1n) is 8.50. The quantitative estimate of drug-likeness (QED) is 0.470. The standard InChI is InChI=1S/C22H26O3/c1-7-8-20(23)25-22-16(5)10-14(3)12-19(22)17(6)18-11-13(2)9-15(4)21(18)24/h7-12,17,24H,1-6H3. The lowest BCUT2D eigenvalue weighted by Gasteiger charge is -2.21. The number of esters is 1. The first kappa shape index (κ1) is 18.8. The van der Waals surface area contributed by atoms with Crippen molar-refractivity contribution >= 4 is 5.97 Å². The number of phenolic OH excluding ortho intramolecular Hbond substituents is 1. The van der Waals surface area contributed by atoms with Crippen LogP contribution in [0.2, 0.25) is 0 Å². The van der Waals surface area contributed by atoms with Gasteiger partial charge in [0.1, 0.15) is 11.5 Å². The number of hydrogen-bond acceptors (Lipinski definition) is 3. The summed E-state index contributed by atoms with van der Waals surface area (Å²) in [6.07, 6.45) is 3.06. The molecule has 0 aliphatic carbocycles. The van der Waals surface area contributed by atoms with Crippen molar-refractivity contribution in [2.45, 2.75) is 47.5 Å². The lowest BCUT2D eigenvalue weighted by atomic mass is 9.87. The zero-order valence-corrected chi connectivity index (χ0v) is 15.8. The van der Waals surface area contributed by atoms with Crippen molar-refractivity contribution < 1.29 is 14.6 Å². The van der Waals surface area contributed by atoms with Gasteiger partial charge in [-0.15, -0.1) is 0 Å². The van der Waals surface area contributed by atoms with Gasteiger partial charge in [0, 0.05) is 23.1 Å². The van der Waals surface area contributed by atoms with Gasteiger partial charge in [0.05, 0.1) is 0 Å². The summed E-state index contributed by atoms with van der Waals surface area (Å²) in [6, 6.07) is 7.96. The van der Waals surface area contributed by atoms with E-state index in [1.807, 2.05) is 58.9 Å². The van der Waals surface area contributed by atoms with Crippen molar-refractivity contribution in [1.29, 1.82) is 0 Å². The number of ether oxygens (including phenoxy) is 1. The molecule has 0 aliphatic rings. The number of allylic oxidation sites excluding steroid dienone is 1. The smallest absolute Gasteiger partial charge is 0.335 e. The molecular weight excluding hydrogens is 312 g/mol. The normalized spacial score (nSPS) is 12.4. The number of phenols is 1. The number of aromatic hydroxyl groups is 1. The molecule has 2 rings (SSSR count). The van der Waals surface area contributed by atoms with Gasteiger partial charge in [0.25, 0.3) is 0 Å². The second-order valence-corrected chi connectivity index (χ2v) is 6.66. The van der Waals surface area contributed by atoms with Gasteiger partial charge in [-0.1, -0.05) is 48.4 Å². The molecule has 0 radical (unpaired) electrons. The molecule has 1 N–H and O–H groups in total. The van der Waals surface area contributed by atoms with Crippen LogP contribution < -0.4 is 4.74 Å². The Morgan fingerprint density at radius 2 is 1.56 bits per heavy atom. The predicted octanol–water partition coefficient (Wildman–Crippen LogP) is 5.26. The molecule has 0 aliphatic heterocycles. The van der Waals surface area contributed by atoms with Crippen LogP contribution >= 0.6 is 0 Å². The molecule has 1 unspecified atom stereocenters. The molecule has 3 heteroatoms. The molecule has 0 bridgehead atoms. The second-order valence-electron chi connectivity index (χ2n) is 6.66. The van der Waals surface area contributed by atoms with Gasteiger partial charge in [0.2, 0.25) is 0 Å². The Morgan fingerprint density at radius 3 is 2.16 bits per heavy atom. The van der Waals surface area contributed by atoms with E-state index in [0.717, 1.165) is 33.4 Å².